The van der Waals surface area contributed by atoms with Crippen molar-refractivity contribution in [3.8, 4) is 5.75 Å². The second-order valence-corrected chi connectivity index (χ2v) is 4.78. The van der Waals surface area contributed by atoms with Crippen LogP contribution in [-0.4, -0.2) is 17.5 Å². The SMILES string of the molecule is CCCC(C(=O)Nc1ccc(OCC)c(F)c1)C(N)=S. The zero-order chi connectivity index (χ0) is 15.1. The maximum absolute atomic E-state index is 13.7. The largest absolute Gasteiger partial charge is 0.491 e. The third kappa shape index (κ3) is 4.45. The molecule has 0 saturated carbocycles. The molecule has 4 nitrogen and oxygen atoms in total. The van der Waals surface area contributed by atoms with E-state index in [0.29, 0.717) is 18.7 Å². The van der Waals surface area contributed by atoms with Crippen LogP contribution in [0.4, 0.5) is 10.1 Å². The van der Waals surface area contributed by atoms with Crippen LogP contribution in [0.2, 0.25) is 0 Å². The molecular formula is C14H19FN2O2S. The van der Waals surface area contributed by atoms with Gasteiger partial charge in [-0.25, -0.2) is 4.39 Å². The van der Waals surface area contributed by atoms with Crippen molar-refractivity contribution in [2.75, 3.05) is 11.9 Å². The number of rotatable bonds is 7. The molecule has 6 heteroatoms. The molecule has 1 aromatic carbocycles. The summed E-state index contributed by atoms with van der Waals surface area (Å²) in [6, 6.07) is 4.27. The van der Waals surface area contributed by atoms with Crippen molar-refractivity contribution < 1.29 is 13.9 Å². The van der Waals surface area contributed by atoms with Crippen molar-refractivity contribution in [1.82, 2.24) is 0 Å². The molecule has 0 aliphatic rings. The lowest BCUT2D eigenvalue weighted by molar-refractivity contribution is -0.118. The van der Waals surface area contributed by atoms with Gasteiger partial charge in [-0.1, -0.05) is 25.6 Å². The second-order valence-electron chi connectivity index (χ2n) is 4.31. The molecule has 0 aliphatic heterocycles. The lowest BCUT2D eigenvalue weighted by atomic mass is 10.0. The summed E-state index contributed by atoms with van der Waals surface area (Å²) < 4.78 is 18.8. The van der Waals surface area contributed by atoms with E-state index in [2.05, 4.69) is 5.32 Å². The predicted molar refractivity (Wildman–Crippen MR) is 81.4 cm³/mol. The first kappa shape index (κ1) is 16.4. The number of hydrogen-bond acceptors (Lipinski definition) is 3. The van der Waals surface area contributed by atoms with Gasteiger partial charge in [-0.05, 0) is 25.5 Å². The number of halogens is 1. The number of carbonyl (C=O) groups excluding carboxylic acids is 1. The molecule has 1 atom stereocenters. The summed E-state index contributed by atoms with van der Waals surface area (Å²) in [7, 11) is 0. The van der Waals surface area contributed by atoms with Gasteiger partial charge in [0.25, 0.3) is 0 Å². The topological polar surface area (TPSA) is 64.3 Å². The maximum Gasteiger partial charge on any atom is 0.234 e. The van der Waals surface area contributed by atoms with Crippen LogP contribution in [0.25, 0.3) is 0 Å². The molecule has 3 N–H and O–H groups in total. The van der Waals surface area contributed by atoms with E-state index < -0.39 is 11.7 Å². The molecule has 0 radical (unpaired) electrons. The Labute approximate surface area is 123 Å². The van der Waals surface area contributed by atoms with Gasteiger partial charge in [0.1, 0.15) is 0 Å². The normalized spacial score (nSPS) is 11.8. The van der Waals surface area contributed by atoms with E-state index in [9.17, 15) is 9.18 Å². The van der Waals surface area contributed by atoms with E-state index in [1.807, 2.05) is 6.92 Å². The number of hydrogen-bond donors (Lipinski definition) is 2. The Hall–Kier alpha value is -1.69. The third-order valence-electron chi connectivity index (χ3n) is 2.74. The Balaban J connectivity index is 2.79. The minimum Gasteiger partial charge on any atom is -0.491 e. The molecule has 0 saturated heterocycles. The van der Waals surface area contributed by atoms with Crippen LogP contribution < -0.4 is 15.8 Å². The summed E-state index contributed by atoms with van der Waals surface area (Å²) in [6.45, 7) is 4.09. The zero-order valence-electron chi connectivity index (χ0n) is 11.6. The highest BCUT2D eigenvalue weighted by Crippen LogP contribution is 2.22. The van der Waals surface area contributed by atoms with Crippen LogP contribution in [-0.2, 0) is 4.79 Å². The maximum atomic E-state index is 13.7. The van der Waals surface area contributed by atoms with E-state index in [0.717, 1.165) is 6.42 Å². The average molecular weight is 298 g/mol. The molecule has 0 bridgehead atoms. The highest BCUT2D eigenvalue weighted by molar-refractivity contribution is 7.80. The van der Waals surface area contributed by atoms with Crippen molar-refractivity contribution in [3.05, 3.63) is 24.0 Å². The van der Waals surface area contributed by atoms with Crippen LogP contribution >= 0.6 is 12.2 Å². The number of amides is 1. The van der Waals surface area contributed by atoms with Crippen molar-refractivity contribution in [1.29, 1.82) is 0 Å². The predicted octanol–water partition coefficient (Wildman–Crippen LogP) is 2.87. The minimum absolute atomic E-state index is 0.149. The van der Waals surface area contributed by atoms with E-state index in [1.54, 1.807) is 13.0 Å². The summed E-state index contributed by atoms with van der Waals surface area (Å²) >= 11 is 4.88. The van der Waals surface area contributed by atoms with E-state index in [4.69, 9.17) is 22.7 Å². The van der Waals surface area contributed by atoms with Crippen molar-refractivity contribution in [2.24, 2.45) is 11.7 Å². The molecule has 0 aliphatic carbocycles. The number of carbonyl (C=O) groups is 1. The fraction of sp³-hybridized carbons (Fsp3) is 0.429. The lowest BCUT2D eigenvalue weighted by Crippen LogP contribution is -2.33. The number of benzene rings is 1. The summed E-state index contributed by atoms with van der Waals surface area (Å²) in [5.41, 5.74) is 5.90. The zero-order valence-corrected chi connectivity index (χ0v) is 12.4. The molecule has 0 aromatic heterocycles. The molecule has 1 amide bonds. The van der Waals surface area contributed by atoms with Gasteiger partial charge in [0.15, 0.2) is 11.6 Å². The number of thiocarbonyl (C=S) groups is 1. The first-order valence-electron chi connectivity index (χ1n) is 6.52. The number of nitrogens with two attached hydrogens (primary N) is 1. The van der Waals surface area contributed by atoms with Crippen LogP contribution in [0.5, 0.6) is 5.75 Å². The Kier molecular flexibility index (Phi) is 6.38. The Morgan fingerprint density at radius 3 is 2.70 bits per heavy atom. The molecule has 110 valence electrons. The summed E-state index contributed by atoms with van der Waals surface area (Å²) in [5.74, 6) is -1.22. The van der Waals surface area contributed by atoms with E-state index in [-0.39, 0.29) is 16.6 Å². The Morgan fingerprint density at radius 1 is 1.50 bits per heavy atom. The quantitative estimate of drug-likeness (QED) is 0.760. The average Bonchev–Trinajstić information content (AvgIpc) is 2.38. The number of nitrogens with one attached hydrogen (secondary N) is 1. The molecule has 0 heterocycles. The summed E-state index contributed by atoms with van der Waals surface area (Å²) in [6.07, 6.45) is 1.35. The van der Waals surface area contributed by atoms with Gasteiger partial charge < -0.3 is 15.8 Å². The minimum atomic E-state index is -0.537. The molecule has 20 heavy (non-hydrogen) atoms. The van der Waals surface area contributed by atoms with Crippen LogP contribution in [0.1, 0.15) is 26.7 Å². The Bertz CT molecular complexity index is 494. The van der Waals surface area contributed by atoms with Gasteiger partial charge >= 0.3 is 0 Å². The van der Waals surface area contributed by atoms with Crippen molar-refractivity contribution in [3.63, 3.8) is 0 Å². The van der Waals surface area contributed by atoms with Crippen LogP contribution in [0.3, 0.4) is 0 Å². The summed E-state index contributed by atoms with van der Waals surface area (Å²) in [5, 5.41) is 2.62. The second kappa shape index (κ2) is 7.79. The van der Waals surface area contributed by atoms with E-state index >= 15 is 0 Å². The van der Waals surface area contributed by atoms with Crippen LogP contribution in [0, 0.1) is 11.7 Å². The highest BCUT2D eigenvalue weighted by atomic mass is 32.1. The standard InChI is InChI=1S/C14H19FN2O2S/c1-3-5-10(13(16)20)14(18)17-9-6-7-12(19-4-2)11(15)8-9/h6-8,10H,3-5H2,1-2H3,(H2,16,20)(H,17,18). The first-order chi connectivity index (χ1) is 9.49. The molecule has 0 spiro atoms. The van der Waals surface area contributed by atoms with Crippen LogP contribution in [0.15, 0.2) is 18.2 Å². The molecule has 1 unspecified atom stereocenters. The smallest absolute Gasteiger partial charge is 0.234 e. The van der Waals surface area contributed by atoms with Gasteiger partial charge in [-0.15, -0.1) is 0 Å². The molecule has 1 aromatic rings. The van der Waals surface area contributed by atoms with Gasteiger partial charge in [-0.2, -0.15) is 0 Å². The lowest BCUT2D eigenvalue weighted by Gasteiger charge is -2.15. The van der Waals surface area contributed by atoms with Gasteiger partial charge in [0, 0.05) is 11.8 Å². The fourth-order valence-corrected chi connectivity index (χ4v) is 2.00. The third-order valence-corrected chi connectivity index (χ3v) is 3.02. The highest BCUT2D eigenvalue weighted by Gasteiger charge is 2.20. The van der Waals surface area contributed by atoms with Gasteiger partial charge in [-0.3, -0.25) is 4.79 Å². The molecule has 1 rings (SSSR count). The van der Waals surface area contributed by atoms with Crippen molar-refractivity contribution in [2.45, 2.75) is 26.7 Å². The first-order valence-corrected chi connectivity index (χ1v) is 6.92. The Morgan fingerprint density at radius 2 is 2.20 bits per heavy atom. The molecule has 0 fully saturated rings. The van der Waals surface area contributed by atoms with Crippen molar-refractivity contribution >= 4 is 28.8 Å². The molecular weight excluding hydrogens is 279 g/mol. The number of anilines is 1. The number of ether oxygens (including phenoxy) is 1. The van der Waals surface area contributed by atoms with Gasteiger partial charge in [0.2, 0.25) is 5.91 Å². The summed E-state index contributed by atoms with van der Waals surface area (Å²) in [4.78, 5) is 12.2. The fourth-order valence-electron chi connectivity index (χ4n) is 1.77. The monoisotopic (exact) mass is 298 g/mol. The van der Waals surface area contributed by atoms with Gasteiger partial charge in [0.05, 0.1) is 17.5 Å². The van der Waals surface area contributed by atoms with E-state index in [1.165, 1.54) is 12.1 Å².